The molecule has 1 unspecified atom stereocenters. The predicted molar refractivity (Wildman–Crippen MR) is 86.0 cm³/mol. The van der Waals surface area contributed by atoms with E-state index < -0.39 is 0 Å². The Morgan fingerprint density at radius 2 is 2.14 bits per heavy atom. The zero-order valence-electron chi connectivity index (χ0n) is 13.4. The summed E-state index contributed by atoms with van der Waals surface area (Å²) in [5.41, 5.74) is 8.45. The Balaban J connectivity index is 2.06. The third kappa shape index (κ3) is 3.83. The van der Waals surface area contributed by atoms with E-state index in [4.69, 9.17) is 5.73 Å². The summed E-state index contributed by atoms with van der Waals surface area (Å²) in [4.78, 5) is 14.5. The number of fused-ring (bicyclic) bond motifs is 1. The van der Waals surface area contributed by atoms with Gasteiger partial charge in [-0.3, -0.25) is 9.69 Å². The molecule has 0 saturated heterocycles. The summed E-state index contributed by atoms with van der Waals surface area (Å²) in [6, 6.07) is 8.55. The molecule has 0 bridgehead atoms. The van der Waals surface area contributed by atoms with E-state index in [1.807, 2.05) is 6.07 Å². The molecular weight excluding hydrogens is 262 g/mol. The van der Waals surface area contributed by atoms with E-state index in [9.17, 15) is 4.79 Å². The number of benzene rings is 1. The smallest absolute Gasteiger partial charge is 0.234 e. The van der Waals surface area contributed by atoms with Crippen molar-refractivity contribution >= 4 is 5.91 Å². The molecule has 1 aliphatic heterocycles. The normalized spacial score (nSPS) is 19.1. The minimum atomic E-state index is -0.150. The van der Waals surface area contributed by atoms with Gasteiger partial charge in [-0.2, -0.15) is 0 Å². The Morgan fingerprint density at radius 1 is 1.43 bits per heavy atom. The first-order valence-corrected chi connectivity index (χ1v) is 7.80. The summed E-state index contributed by atoms with van der Waals surface area (Å²) in [5.74, 6) is 0.0830. The number of amides is 1. The second kappa shape index (κ2) is 6.58. The number of nitrogens with two attached hydrogens (primary N) is 1. The van der Waals surface area contributed by atoms with E-state index in [-0.39, 0.29) is 17.5 Å². The highest BCUT2D eigenvalue weighted by atomic mass is 16.2. The number of carbonyl (C=O) groups excluding carboxylic acids is 1. The van der Waals surface area contributed by atoms with Crippen LogP contribution in [0.2, 0.25) is 0 Å². The fraction of sp³-hybridized carbons (Fsp3) is 0.588. The van der Waals surface area contributed by atoms with Crippen LogP contribution in [0.3, 0.4) is 0 Å². The fourth-order valence-corrected chi connectivity index (χ4v) is 2.86. The van der Waals surface area contributed by atoms with Crippen LogP contribution in [0.1, 0.15) is 44.4 Å². The first kappa shape index (κ1) is 16.0. The van der Waals surface area contributed by atoms with E-state index >= 15 is 0 Å². The summed E-state index contributed by atoms with van der Waals surface area (Å²) in [6.45, 7) is 8.04. The van der Waals surface area contributed by atoms with Crippen molar-refractivity contribution in [1.29, 1.82) is 0 Å². The van der Waals surface area contributed by atoms with Gasteiger partial charge in [0.05, 0.1) is 6.54 Å². The standard InChI is InChI=1S/C17H27N3O/c1-4-17(2,3)19-16(21)12-20-10-9-13-7-5-6-8-14(13)15(20)11-18/h5-8,15H,4,9-12,18H2,1-3H3,(H,19,21). The minimum absolute atomic E-state index is 0.0830. The highest BCUT2D eigenvalue weighted by Crippen LogP contribution is 2.28. The third-order valence-corrected chi connectivity index (χ3v) is 4.45. The van der Waals surface area contributed by atoms with Crippen LogP contribution in [0.4, 0.5) is 0 Å². The number of hydrogen-bond acceptors (Lipinski definition) is 3. The fourth-order valence-electron chi connectivity index (χ4n) is 2.86. The van der Waals surface area contributed by atoms with Crippen LogP contribution in [-0.4, -0.2) is 36.0 Å². The number of nitrogens with zero attached hydrogens (tertiary/aromatic N) is 1. The number of hydrogen-bond donors (Lipinski definition) is 2. The largest absolute Gasteiger partial charge is 0.350 e. The van der Waals surface area contributed by atoms with Gasteiger partial charge in [0.2, 0.25) is 5.91 Å². The van der Waals surface area contributed by atoms with Gasteiger partial charge in [-0.1, -0.05) is 31.2 Å². The maximum Gasteiger partial charge on any atom is 0.234 e. The maximum atomic E-state index is 12.3. The minimum Gasteiger partial charge on any atom is -0.350 e. The van der Waals surface area contributed by atoms with Crippen molar-refractivity contribution in [1.82, 2.24) is 10.2 Å². The van der Waals surface area contributed by atoms with Crippen molar-refractivity contribution in [3.05, 3.63) is 35.4 Å². The second-order valence-corrected chi connectivity index (χ2v) is 6.46. The highest BCUT2D eigenvalue weighted by Gasteiger charge is 2.28. The average molecular weight is 289 g/mol. The number of rotatable bonds is 5. The lowest BCUT2D eigenvalue weighted by Gasteiger charge is -2.37. The van der Waals surface area contributed by atoms with Crippen LogP contribution in [0.25, 0.3) is 0 Å². The van der Waals surface area contributed by atoms with Crippen LogP contribution in [-0.2, 0) is 11.2 Å². The quantitative estimate of drug-likeness (QED) is 0.870. The summed E-state index contributed by atoms with van der Waals surface area (Å²) in [6.07, 6.45) is 1.90. The molecule has 0 saturated carbocycles. The van der Waals surface area contributed by atoms with Crippen LogP contribution >= 0.6 is 0 Å². The van der Waals surface area contributed by atoms with Gasteiger partial charge in [-0.05, 0) is 37.8 Å². The molecule has 0 spiro atoms. The monoisotopic (exact) mass is 289 g/mol. The SMILES string of the molecule is CCC(C)(C)NC(=O)CN1CCc2ccccc2C1CN. The van der Waals surface area contributed by atoms with E-state index in [0.29, 0.717) is 13.1 Å². The highest BCUT2D eigenvalue weighted by molar-refractivity contribution is 5.78. The molecule has 4 nitrogen and oxygen atoms in total. The van der Waals surface area contributed by atoms with Crippen LogP contribution in [0.15, 0.2) is 24.3 Å². The molecule has 0 aliphatic carbocycles. The Morgan fingerprint density at radius 3 is 2.81 bits per heavy atom. The molecule has 21 heavy (non-hydrogen) atoms. The van der Waals surface area contributed by atoms with Crippen LogP contribution < -0.4 is 11.1 Å². The molecule has 1 aromatic carbocycles. The molecule has 4 heteroatoms. The molecule has 0 fully saturated rings. The molecule has 1 aromatic rings. The lowest BCUT2D eigenvalue weighted by molar-refractivity contribution is -0.124. The van der Waals surface area contributed by atoms with Gasteiger partial charge >= 0.3 is 0 Å². The number of carbonyl (C=O) groups is 1. The Hall–Kier alpha value is -1.39. The summed E-state index contributed by atoms with van der Waals surface area (Å²) in [5, 5.41) is 3.10. The molecule has 1 amide bonds. The molecule has 116 valence electrons. The Bertz CT molecular complexity index is 499. The molecule has 0 radical (unpaired) electrons. The van der Waals surface area contributed by atoms with Gasteiger partial charge in [0, 0.05) is 24.7 Å². The Kier molecular flexibility index (Phi) is 5.01. The summed E-state index contributed by atoms with van der Waals surface area (Å²) >= 11 is 0. The molecule has 3 N–H and O–H groups in total. The zero-order chi connectivity index (χ0) is 15.5. The van der Waals surface area contributed by atoms with Gasteiger partial charge in [-0.25, -0.2) is 0 Å². The second-order valence-electron chi connectivity index (χ2n) is 6.46. The Labute approximate surface area is 127 Å². The van der Waals surface area contributed by atoms with Crippen LogP contribution in [0, 0.1) is 0 Å². The first-order chi connectivity index (χ1) is 9.96. The van der Waals surface area contributed by atoms with Crippen molar-refractivity contribution in [2.75, 3.05) is 19.6 Å². The van der Waals surface area contributed by atoms with E-state index in [1.165, 1.54) is 11.1 Å². The molecule has 0 aromatic heterocycles. The van der Waals surface area contributed by atoms with E-state index in [2.05, 4.69) is 49.2 Å². The van der Waals surface area contributed by atoms with Gasteiger partial charge in [-0.15, -0.1) is 0 Å². The van der Waals surface area contributed by atoms with Gasteiger partial charge in [0.15, 0.2) is 0 Å². The molecular formula is C17H27N3O. The lowest BCUT2D eigenvalue weighted by atomic mass is 9.92. The van der Waals surface area contributed by atoms with Gasteiger partial charge < -0.3 is 11.1 Å². The van der Waals surface area contributed by atoms with Crippen molar-refractivity contribution < 1.29 is 4.79 Å². The van der Waals surface area contributed by atoms with E-state index in [0.717, 1.165) is 19.4 Å². The zero-order valence-corrected chi connectivity index (χ0v) is 13.4. The summed E-state index contributed by atoms with van der Waals surface area (Å²) in [7, 11) is 0. The molecule has 1 heterocycles. The molecule has 2 rings (SSSR count). The van der Waals surface area contributed by atoms with Crippen molar-refractivity contribution in [3.8, 4) is 0 Å². The lowest BCUT2D eigenvalue weighted by Crippen LogP contribution is -2.50. The van der Waals surface area contributed by atoms with E-state index in [1.54, 1.807) is 0 Å². The molecule has 1 aliphatic rings. The average Bonchev–Trinajstić information content (AvgIpc) is 2.46. The van der Waals surface area contributed by atoms with Gasteiger partial charge in [0.1, 0.15) is 0 Å². The summed E-state index contributed by atoms with van der Waals surface area (Å²) < 4.78 is 0. The topological polar surface area (TPSA) is 58.4 Å². The van der Waals surface area contributed by atoms with Gasteiger partial charge in [0.25, 0.3) is 0 Å². The number of nitrogens with one attached hydrogen (secondary N) is 1. The van der Waals surface area contributed by atoms with Crippen molar-refractivity contribution in [2.24, 2.45) is 5.73 Å². The van der Waals surface area contributed by atoms with Crippen molar-refractivity contribution in [3.63, 3.8) is 0 Å². The third-order valence-electron chi connectivity index (χ3n) is 4.45. The van der Waals surface area contributed by atoms with Crippen molar-refractivity contribution in [2.45, 2.75) is 45.2 Å². The van der Waals surface area contributed by atoms with Crippen LogP contribution in [0.5, 0.6) is 0 Å². The predicted octanol–water partition coefficient (Wildman–Crippen LogP) is 1.85. The maximum absolute atomic E-state index is 12.3. The first-order valence-electron chi connectivity index (χ1n) is 7.80. The molecule has 1 atom stereocenters.